The highest BCUT2D eigenvalue weighted by atomic mass is 15.3. The summed E-state index contributed by atoms with van der Waals surface area (Å²) in [7, 11) is 0. The minimum absolute atomic E-state index is 0.472. The highest BCUT2D eigenvalue weighted by Gasteiger charge is 2.34. The van der Waals surface area contributed by atoms with Gasteiger partial charge in [0.1, 0.15) is 0 Å². The van der Waals surface area contributed by atoms with Gasteiger partial charge in [0.05, 0.1) is 0 Å². The van der Waals surface area contributed by atoms with E-state index in [1.165, 1.54) is 44.6 Å². The Kier molecular flexibility index (Phi) is 4.39. The van der Waals surface area contributed by atoms with Gasteiger partial charge in [0.15, 0.2) is 0 Å². The summed E-state index contributed by atoms with van der Waals surface area (Å²) in [6.07, 6.45) is 2.74. The van der Waals surface area contributed by atoms with Crippen LogP contribution in [-0.4, -0.2) is 54.6 Å². The fraction of sp³-hybridized carbons (Fsp3) is 0.647. The first kappa shape index (κ1) is 14.1. The van der Waals surface area contributed by atoms with Crippen molar-refractivity contribution in [2.24, 2.45) is 5.73 Å². The molecule has 110 valence electrons. The maximum atomic E-state index is 6.12. The quantitative estimate of drug-likeness (QED) is 0.909. The highest BCUT2D eigenvalue weighted by Crippen LogP contribution is 2.27. The van der Waals surface area contributed by atoms with Crippen molar-refractivity contribution in [1.29, 1.82) is 0 Å². The number of rotatable bonds is 4. The first-order chi connectivity index (χ1) is 9.79. The maximum Gasteiger partial charge on any atom is 0.0285 e. The van der Waals surface area contributed by atoms with E-state index in [1.54, 1.807) is 0 Å². The number of piperazine rings is 1. The van der Waals surface area contributed by atoms with Crippen molar-refractivity contribution in [3.05, 3.63) is 35.9 Å². The van der Waals surface area contributed by atoms with E-state index in [0.29, 0.717) is 12.0 Å². The van der Waals surface area contributed by atoms with Crippen LogP contribution in [0.1, 0.15) is 31.2 Å². The van der Waals surface area contributed by atoms with Crippen LogP contribution in [0.2, 0.25) is 0 Å². The summed E-state index contributed by atoms with van der Waals surface area (Å²) in [5, 5.41) is 0. The van der Waals surface area contributed by atoms with Crippen LogP contribution in [0.25, 0.3) is 0 Å². The van der Waals surface area contributed by atoms with Gasteiger partial charge in [-0.3, -0.25) is 9.80 Å². The second-order valence-corrected chi connectivity index (χ2v) is 6.33. The number of nitrogens with two attached hydrogens (primary N) is 1. The number of hydrogen-bond acceptors (Lipinski definition) is 3. The summed E-state index contributed by atoms with van der Waals surface area (Å²) >= 11 is 0. The van der Waals surface area contributed by atoms with Crippen LogP contribution in [0.3, 0.4) is 0 Å². The van der Waals surface area contributed by atoms with Crippen molar-refractivity contribution < 1.29 is 0 Å². The molecule has 3 heteroatoms. The van der Waals surface area contributed by atoms with E-state index in [1.807, 2.05) is 0 Å². The number of nitrogens with zero attached hydrogens (tertiary/aromatic N) is 2. The number of fused-ring (bicyclic) bond motifs is 1. The fourth-order valence-corrected chi connectivity index (χ4v) is 3.96. The molecule has 20 heavy (non-hydrogen) atoms. The summed E-state index contributed by atoms with van der Waals surface area (Å²) in [5.74, 6) is 0.508. The topological polar surface area (TPSA) is 32.5 Å². The molecule has 2 aliphatic rings. The predicted molar refractivity (Wildman–Crippen MR) is 83.9 cm³/mol. The molecule has 1 aromatic carbocycles. The maximum absolute atomic E-state index is 6.12. The van der Waals surface area contributed by atoms with E-state index in [-0.39, 0.29) is 0 Å². The van der Waals surface area contributed by atoms with Gasteiger partial charge in [0.2, 0.25) is 0 Å². The molecular weight excluding hydrogens is 246 g/mol. The Morgan fingerprint density at radius 3 is 2.75 bits per heavy atom. The summed E-state index contributed by atoms with van der Waals surface area (Å²) in [6, 6.07) is 12.1. The third-order valence-corrected chi connectivity index (χ3v) is 5.23. The van der Waals surface area contributed by atoms with E-state index >= 15 is 0 Å². The lowest BCUT2D eigenvalue weighted by Gasteiger charge is -2.43. The zero-order chi connectivity index (χ0) is 13.9. The van der Waals surface area contributed by atoms with Gasteiger partial charge in [-0.25, -0.2) is 0 Å². The lowest BCUT2D eigenvalue weighted by Crippen LogP contribution is -2.56. The van der Waals surface area contributed by atoms with Crippen molar-refractivity contribution in [3.8, 4) is 0 Å². The molecule has 3 rings (SSSR count). The molecule has 2 fully saturated rings. The molecular formula is C17H27N3. The highest BCUT2D eigenvalue weighted by molar-refractivity contribution is 5.21. The van der Waals surface area contributed by atoms with Crippen molar-refractivity contribution >= 4 is 0 Å². The first-order valence-electron chi connectivity index (χ1n) is 8.02. The smallest absolute Gasteiger partial charge is 0.0285 e. The Balaban J connectivity index is 1.70. The largest absolute Gasteiger partial charge is 0.329 e. The minimum atomic E-state index is 0.472. The van der Waals surface area contributed by atoms with Crippen LogP contribution in [0.15, 0.2) is 30.3 Å². The first-order valence-corrected chi connectivity index (χ1v) is 8.02. The average Bonchev–Trinajstić information content (AvgIpc) is 2.96. The minimum Gasteiger partial charge on any atom is -0.329 e. The molecule has 2 heterocycles. The Hall–Kier alpha value is -0.900. The second kappa shape index (κ2) is 6.25. The Morgan fingerprint density at radius 2 is 2.00 bits per heavy atom. The van der Waals surface area contributed by atoms with Gasteiger partial charge in [0, 0.05) is 38.3 Å². The monoisotopic (exact) mass is 273 g/mol. The Morgan fingerprint density at radius 1 is 1.20 bits per heavy atom. The van der Waals surface area contributed by atoms with Gasteiger partial charge in [-0.2, -0.15) is 0 Å². The molecule has 0 aliphatic carbocycles. The van der Waals surface area contributed by atoms with E-state index in [9.17, 15) is 0 Å². The molecule has 2 aliphatic heterocycles. The van der Waals surface area contributed by atoms with E-state index in [4.69, 9.17) is 5.73 Å². The lowest BCUT2D eigenvalue weighted by molar-refractivity contribution is 0.0660. The molecule has 0 amide bonds. The standard InChI is InChI=1S/C17H27N3/c1-14(15-6-3-2-4-7-15)17(12-18)20-11-10-19-9-5-8-16(19)13-20/h2-4,6-7,14,16-17H,5,8-13,18H2,1H3. The summed E-state index contributed by atoms with van der Waals surface area (Å²) in [5.41, 5.74) is 7.54. The lowest BCUT2D eigenvalue weighted by atomic mass is 9.91. The number of benzene rings is 1. The molecule has 2 saturated heterocycles. The van der Waals surface area contributed by atoms with Gasteiger partial charge in [-0.15, -0.1) is 0 Å². The molecule has 0 bridgehead atoms. The average molecular weight is 273 g/mol. The van der Waals surface area contributed by atoms with Crippen LogP contribution < -0.4 is 5.73 Å². The fourth-order valence-electron chi connectivity index (χ4n) is 3.96. The molecule has 0 spiro atoms. The third-order valence-electron chi connectivity index (χ3n) is 5.23. The second-order valence-electron chi connectivity index (χ2n) is 6.33. The van der Waals surface area contributed by atoms with E-state index < -0.39 is 0 Å². The van der Waals surface area contributed by atoms with Crippen molar-refractivity contribution in [2.45, 2.75) is 37.8 Å². The molecule has 1 aromatic rings. The normalized spacial score (nSPS) is 27.2. The third kappa shape index (κ3) is 2.76. The van der Waals surface area contributed by atoms with Crippen molar-refractivity contribution in [3.63, 3.8) is 0 Å². The van der Waals surface area contributed by atoms with Crippen molar-refractivity contribution in [2.75, 3.05) is 32.7 Å². The molecule has 0 radical (unpaired) electrons. The molecule has 0 aromatic heterocycles. The summed E-state index contributed by atoms with van der Waals surface area (Å²) in [4.78, 5) is 5.31. The van der Waals surface area contributed by atoms with Crippen LogP contribution in [0.5, 0.6) is 0 Å². The van der Waals surface area contributed by atoms with E-state index in [0.717, 1.165) is 12.6 Å². The van der Waals surface area contributed by atoms with Gasteiger partial charge in [-0.05, 0) is 30.9 Å². The van der Waals surface area contributed by atoms with Gasteiger partial charge in [0.25, 0.3) is 0 Å². The van der Waals surface area contributed by atoms with Crippen LogP contribution in [-0.2, 0) is 0 Å². The Labute approximate surface area is 122 Å². The van der Waals surface area contributed by atoms with Crippen molar-refractivity contribution in [1.82, 2.24) is 9.80 Å². The zero-order valence-corrected chi connectivity index (χ0v) is 12.5. The molecule has 0 saturated carbocycles. The van der Waals surface area contributed by atoms with Gasteiger partial charge < -0.3 is 5.73 Å². The Bertz CT molecular complexity index is 420. The SMILES string of the molecule is CC(c1ccccc1)C(CN)N1CCN2CCCC2C1. The number of hydrogen-bond donors (Lipinski definition) is 1. The summed E-state index contributed by atoms with van der Waals surface area (Å²) in [6.45, 7) is 7.99. The predicted octanol–water partition coefficient (Wildman–Crippen LogP) is 1.90. The molecule has 3 atom stereocenters. The molecule has 3 nitrogen and oxygen atoms in total. The molecule has 3 unspecified atom stereocenters. The van der Waals surface area contributed by atoms with Gasteiger partial charge in [-0.1, -0.05) is 37.3 Å². The summed E-state index contributed by atoms with van der Waals surface area (Å²) < 4.78 is 0. The van der Waals surface area contributed by atoms with Crippen LogP contribution >= 0.6 is 0 Å². The molecule has 2 N–H and O–H groups in total. The van der Waals surface area contributed by atoms with Crippen LogP contribution in [0.4, 0.5) is 0 Å². The zero-order valence-electron chi connectivity index (χ0n) is 12.5. The van der Waals surface area contributed by atoms with Gasteiger partial charge >= 0.3 is 0 Å². The van der Waals surface area contributed by atoms with Crippen LogP contribution in [0, 0.1) is 0 Å². The van der Waals surface area contributed by atoms with E-state index in [2.05, 4.69) is 47.1 Å².